The molecule has 7 heteroatoms. The fourth-order valence-corrected chi connectivity index (χ4v) is 5.39. The fraction of sp³-hybridized carbons (Fsp3) is 0.321. The Balaban J connectivity index is 1.40. The highest BCUT2D eigenvalue weighted by Gasteiger charge is 2.46. The van der Waals surface area contributed by atoms with Crippen molar-refractivity contribution in [2.75, 3.05) is 38.8 Å². The summed E-state index contributed by atoms with van der Waals surface area (Å²) in [6, 6.07) is 16.8. The number of carbonyl (C=O) groups is 1. The van der Waals surface area contributed by atoms with Crippen LogP contribution < -0.4 is 14.4 Å². The zero-order chi connectivity index (χ0) is 24.6. The van der Waals surface area contributed by atoms with E-state index in [4.69, 9.17) is 9.47 Å². The Hall–Kier alpha value is -3.45. The summed E-state index contributed by atoms with van der Waals surface area (Å²) in [5, 5.41) is 0. The molecule has 0 radical (unpaired) electrons. The molecule has 0 unspecified atom stereocenters. The first kappa shape index (κ1) is 23.3. The van der Waals surface area contributed by atoms with E-state index in [1.54, 1.807) is 19.1 Å². The van der Waals surface area contributed by atoms with Crippen LogP contribution in [0.25, 0.3) is 0 Å². The molecule has 0 N–H and O–H groups in total. The molecule has 0 aliphatic carbocycles. The summed E-state index contributed by atoms with van der Waals surface area (Å²) in [5.74, 6) is -0.347. The van der Waals surface area contributed by atoms with Crippen molar-refractivity contribution < 1.29 is 23.0 Å². The zero-order valence-corrected chi connectivity index (χ0v) is 19.9. The van der Waals surface area contributed by atoms with Gasteiger partial charge in [-0.1, -0.05) is 12.1 Å². The van der Waals surface area contributed by atoms with Gasteiger partial charge in [-0.25, -0.2) is 8.78 Å². The summed E-state index contributed by atoms with van der Waals surface area (Å²) in [6.45, 7) is 3.03. The fourth-order valence-electron chi connectivity index (χ4n) is 5.39. The molecule has 3 aromatic rings. The van der Waals surface area contributed by atoms with Crippen LogP contribution in [0.5, 0.6) is 11.5 Å². The smallest absolute Gasteiger partial charge is 0.258 e. The van der Waals surface area contributed by atoms with E-state index in [1.165, 1.54) is 5.56 Å². The highest BCUT2D eigenvalue weighted by molar-refractivity contribution is 6.07. The first-order valence-corrected chi connectivity index (χ1v) is 11.7. The number of fused-ring (bicyclic) bond motifs is 2. The lowest BCUT2D eigenvalue weighted by Gasteiger charge is -2.40. The van der Waals surface area contributed by atoms with Crippen LogP contribution in [0.1, 0.15) is 34.3 Å². The van der Waals surface area contributed by atoms with Crippen LogP contribution in [0.4, 0.5) is 14.5 Å². The average Bonchev–Trinajstić information content (AvgIpc) is 3.17. The number of rotatable bonds is 5. The monoisotopic (exact) mass is 478 g/mol. The van der Waals surface area contributed by atoms with Crippen molar-refractivity contribution in [3.8, 4) is 11.5 Å². The van der Waals surface area contributed by atoms with Gasteiger partial charge < -0.3 is 14.4 Å². The maximum Gasteiger partial charge on any atom is 0.258 e. The Morgan fingerprint density at radius 3 is 2.29 bits per heavy atom. The van der Waals surface area contributed by atoms with Crippen LogP contribution in [0.3, 0.4) is 0 Å². The van der Waals surface area contributed by atoms with Crippen molar-refractivity contribution in [2.24, 2.45) is 0 Å². The standard InChI is InChI=1S/C28H28F2N2O3/c1-34-23-5-3-4-19(12-23)17-31-10-8-28(9-11-31)18-32(26-7-6-24(35-2)16-25(26)28)27(33)20-13-21(29)15-22(30)14-20/h3-7,12-16H,8-11,17-18H2,1-2H3. The van der Waals surface area contributed by atoms with Crippen LogP contribution in [0.15, 0.2) is 60.7 Å². The van der Waals surface area contributed by atoms with Gasteiger partial charge >= 0.3 is 0 Å². The highest BCUT2D eigenvalue weighted by Crippen LogP contribution is 2.48. The van der Waals surface area contributed by atoms with E-state index in [0.717, 1.165) is 73.4 Å². The van der Waals surface area contributed by atoms with E-state index in [9.17, 15) is 13.6 Å². The first-order valence-electron chi connectivity index (χ1n) is 11.7. The quantitative estimate of drug-likeness (QED) is 0.507. The molecule has 2 heterocycles. The predicted octanol–water partition coefficient (Wildman–Crippen LogP) is 5.18. The van der Waals surface area contributed by atoms with Crippen molar-refractivity contribution >= 4 is 11.6 Å². The van der Waals surface area contributed by atoms with Crippen LogP contribution in [0, 0.1) is 11.6 Å². The van der Waals surface area contributed by atoms with Gasteiger partial charge in [0, 0.05) is 35.8 Å². The van der Waals surface area contributed by atoms with E-state index < -0.39 is 17.5 Å². The number of hydrogen-bond donors (Lipinski definition) is 0. The van der Waals surface area contributed by atoms with E-state index >= 15 is 0 Å². The second-order valence-electron chi connectivity index (χ2n) is 9.34. The SMILES string of the molecule is COc1cccc(CN2CCC3(CC2)CN(C(=O)c2cc(F)cc(F)c2)c2ccc(OC)cc23)c1. The van der Waals surface area contributed by atoms with Crippen LogP contribution >= 0.6 is 0 Å². The number of methoxy groups -OCH3 is 2. The van der Waals surface area contributed by atoms with Crippen molar-refractivity contribution in [3.63, 3.8) is 0 Å². The third kappa shape index (κ3) is 4.48. The molecule has 35 heavy (non-hydrogen) atoms. The van der Waals surface area contributed by atoms with Gasteiger partial charge in [0.25, 0.3) is 5.91 Å². The Morgan fingerprint density at radius 2 is 1.60 bits per heavy atom. The van der Waals surface area contributed by atoms with Gasteiger partial charge in [-0.3, -0.25) is 9.69 Å². The number of hydrogen-bond acceptors (Lipinski definition) is 4. The Labute approximate surface area is 203 Å². The average molecular weight is 479 g/mol. The predicted molar refractivity (Wildman–Crippen MR) is 130 cm³/mol. The summed E-state index contributed by atoms with van der Waals surface area (Å²) in [7, 11) is 3.29. The van der Waals surface area contributed by atoms with E-state index in [0.29, 0.717) is 6.54 Å². The van der Waals surface area contributed by atoms with E-state index in [-0.39, 0.29) is 11.0 Å². The van der Waals surface area contributed by atoms with Crippen molar-refractivity contribution in [1.29, 1.82) is 0 Å². The molecule has 2 aliphatic heterocycles. The Kier molecular flexibility index (Phi) is 6.19. The molecule has 5 nitrogen and oxygen atoms in total. The Bertz CT molecular complexity index is 1230. The lowest BCUT2D eigenvalue weighted by Crippen LogP contribution is -2.45. The third-order valence-corrected chi connectivity index (χ3v) is 7.23. The number of amides is 1. The van der Waals surface area contributed by atoms with Gasteiger partial charge in [0.1, 0.15) is 23.1 Å². The molecule has 0 saturated carbocycles. The summed E-state index contributed by atoms with van der Waals surface area (Å²) in [6.07, 6.45) is 1.72. The van der Waals surface area contributed by atoms with Gasteiger partial charge in [0.05, 0.1) is 14.2 Å². The number of nitrogens with zero attached hydrogens (tertiary/aromatic N) is 2. The summed E-state index contributed by atoms with van der Waals surface area (Å²) in [5.41, 5.74) is 2.80. The third-order valence-electron chi connectivity index (χ3n) is 7.23. The summed E-state index contributed by atoms with van der Waals surface area (Å²) < 4.78 is 38.5. The van der Waals surface area contributed by atoms with Gasteiger partial charge in [0.15, 0.2) is 0 Å². The lowest BCUT2D eigenvalue weighted by atomic mass is 9.74. The summed E-state index contributed by atoms with van der Waals surface area (Å²) >= 11 is 0. The Morgan fingerprint density at radius 1 is 0.914 bits per heavy atom. The zero-order valence-electron chi connectivity index (χ0n) is 19.9. The number of anilines is 1. The molecular weight excluding hydrogens is 450 g/mol. The van der Waals surface area contributed by atoms with Crippen LogP contribution in [-0.2, 0) is 12.0 Å². The minimum absolute atomic E-state index is 0.0109. The van der Waals surface area contributed by atoms with Gasteiger partial charge in [-0.2, -0.15) is 0 Å². The second kappa shape index (κ2) is 9.30. The van der Waals surface area contributed by atoms with E-state index in [2.05, 4.69) is 17.0 Å². The largest absolute Gasteiger partial charge is 0.497 e. The topological polar surface area (TPSA) is 42.0 Å². The molecule has 5 rings (SSSR count). The maximum atomic E-state index is 13.8. The molecular formula is C28H28F2N2O3. The lowest BCUT2D eigenvalue weighted by molar-refractivity contribution is 0.0974. The van der Waals surface area contributed by atoms with Gasteiger partial charge in [-0.15, -0.1) is 0 Å². The van der Waals surface area contributed by atoms with Crippen LogP contribution in [-0.4, -0.2) is 44.7 Å². The van der Waals surface area contributed by atoms with Gasteiger partial charge in [0.2, 0.25) is 0 Å². The number of carbonyl (C=O) groups excluding carboxylic acids is 1. The molecule has 1 amide bonds. The number of piperidine rings is 1. The minimum atomic E-state index is -0.761. The molecule has 0 bridgehead atoms. The highest BCUT2D eigenvalue weighted by atomic mass is 19.1. The van der Waals surface area contributed by atoms with E-state index in [1.807, 2.05) is 30.3 Å². The molecule has 0 aromatic heterocycles. The summed E-state index contributed by atoms with van der Waals surface area (Å²) in [4.78, 5) is 17.5. The molecule has 0 atom stereocenters. The molecule has 3 aromatic carbocycles. The van der Waals surface area contributed by atoms with Crippen molar-refractivity contribution in [2.45, 2.75) is 24.8 Å². The van der Waals surface area contributed by atoms with Crippen molar-refractivity contribution in [3.05, 3.63) is 89.0 Å². The maximum absolute atomic E-state index is 13.8. The number of ether oxygens (including phenoxy) is 2. The second-order valence-corrected chi connectivity index (χ2v) is 9.34. The number of benzene rings is 3. The molecule has 1 fully saturated rings. The molecule has 1 saturated heterocycles. The molecule has 1 spiro atoms. The number of likely N-dealkylation sites (tertiary alicyclic amines) is 1. The van der Waals surface area contributed by atoms with Crippen LogP contribution in [0.2, 0.25) is 0 Å². The normalized spacial score (nSPS) is 16.9. The molecule has 182 valence electrons. The first-order chi connectivity index (χ1) is 16.9. The molecule has 2 aliphatic rings. The number of halogens is 2. The van der Waals surface area contributed by atoms with Crippen molar-refractivity contribution in [1.82, 2.24) is 4.90 Å². The van der Waals surface area contributed by atoms with Gasteiger partial charge in [-0.05, 0) is 79.5 Å². The minimum Gasteiger partial charge on any atom is -0.497 e.